The minimum atomic E-state index is -0.619. The second-order valence-corrected chi connectivity index (χ2v) is 9.39. The molecule has 1 saturated heterocycles. The van der Waals surface area contributed by atoms with E-state index in [-0.39, 0.29) is 23.3 Å². The predicted octanol–water partition coefficient (Wildman–Crippen LogP) is 3.30. The Labute approximate surface area is 145 Å². The highest BCUT2D eigenvalue weighted by molar-refractivity contribution is 5.98. The van der Waals surface area contributed by atoms with Crippen molar-refractivity contribution in [2.24, 2.45) is 34.5 Å². The number of amides is 1. The smallest absolute Gasteiger partial charge is 0.318 e. The van der Waals surface area contributed by atoms with Gasteiger partial charge >= 0.3 is 5.97 Å². The molecule has 0 bridgehead atoms. The Morgan fingerprint density at radius 3 is 2.67 bits per heavy atom. The molecule has 4 nitrogen and oxygen atoms in total. The molecule has 0 radical (unpaired) electrons. The first-order valence-electron chi connectivity index (χ1n) is 9.77. The fourth-order valence-corrected chi connectivity index (χ4v) is 7.12. The fraction of sp³-hybridized carbons (Fsp3) is 0.900. The number of rotatable bonds is 1. The van der Waals surface area contributed by atoms with Gasteiger partial charge < -0.3 is 10.1 Å². The van der Waals surface area contributed by atoms with Crippen LogP contribution < -0.4 is 5.32 Å². The molecular weight excluding hydrogens is 302 g/mol. The van der Waals surface area contributed by atoms with Gasteiger partial charge in [-0.1, -0.05) is 20.3 Å². The molecule has 7 atom stereocenters. The molecule has 1 heterocycles. The molecule has 4 fully saturated rings. The quantitative estimate of drug-likeness (QED) is 0.592. The third-order valence-corrected chi connectivity index (χ3v) is 8.41. The highest BCUT2D eigenvalue weighted by Crippen LogP contribution is 2.64. The standard InChI is InChI=1S/C20H31NO3/c1-19-9-4-5-14(19)12-6-7-16-20(2,15(12)8-10-19)11-13(17(22)21-16)18(23)24-3/h12-16H,4-11H2,1-3H3,(H,21,22)/t12-,13?,14-,15+,16?,19-,20+/m0/s1. The molecule has 4 rings (SSSR count). The summed E-state index contributed by atoms with van der Waals surface area (Å²) in [5, 5.41) is 3.19. The number of fused-ring (bicyclic) bond motifs is 5. The Hall–Kier alpha value is -1.06. The largest absolute Gasteiger partial charge is 0.468 e. The van der Waals surface area contributed by atoms with Crippen LogP contribution in [0.25, 0.3) is 0 Å². The van der Waals surface area contributed by atoms with E-state index in [0.717, 1.165) is 18.3 Å². The highest BCUT2D eigenvalue weighted by atomic mass is 16.5. The SMILES string of the molecule is COC(=O)C1C[C@@]2(C)C(CC[C@@H]3[C@H]2CC[C@]2(C)CCC[C@@H]32)NC1=O. The van der Waals surface area contributed by atoms with Gasteiger partial charge in [0.1, 0.15) is 5.92 Å². The van der Waals surface area contributed by atoms with Crippen molar-refractivity contribution >= 4 is 11.9 Å². The summed E-state index contributed by atoms with van der Waals surface area (Å²) in [6, 6.07) is 0.234. The number of carbonyl (C=O) groups is 2. The van der Waals surface area contributed by atoms with Crippen LogP contribution in [0.3, 0.4) is 0 Å². The van der Waals surface area contributed by atoms with Crippen molar-refractivity contribution in [3.8, 4) is 0 Å². The number of carbonyl (C=O) groups excluding carboxylic acids is 2. The second-order valence-electron chi connectivity index (χ2n) is 9.39. The number of hydrogen-bond acceptors (Lipinski definition) is 3. The van der Waals surface area contributed by atoms with E-state index in [0.29, 0.717) is 17.8 Å². The van der Waals surface area contributed by atoms with Gasteiger partial charge in [0.05, 0.1) is 7.11 Å². The normalized spacial score (nSPS) is 50.3. The maximum absolute atomic E-state index is 12.4. The summed E-state index contributed by atoms with van der Waals surface area (Å²) in [6.45, 7) is 4.84. The van der Waals surface area contributed by atoms with Gasteiger partial charge in [-0.3, -0.25) is 9.59 Å². The van der Waals surface area contributed by atoms with E-state index in [1.54, 1.807) is 0 Å². The third-order valence-electron chi connectivity index (χ3n) is 8.41. The summed E-state index contributed by atoms with van der Waals surface area (Å²) in [5.41, 5.74) is 0.587. The predicted molar refractivity (Wildman–Crippen MR) is 91.1 cm³/mol. The summed E-state index contributed by atoms with van der Waals surface area (Å²) in [6.07, 6.45) is 9.71. The van der Waals surface area contributed by atoms with E-state index in [1.807, 2.05) is 0 Å². The zero-order chi connectivity index (χ0) is 17.1. The first-order valence-corrected chi connectivity index (χ1v) is 9.77. The molecule has 0 aromatic rings. The zero-order valence-electron chi connectivity index (χ0n) is 15.3. The van der Waals surface area contributed by atoms with Crippen LogP contribution in [0.4, 0.5) is 0 Å². The minimum absolute atomic E-state index is 0.0413. The molecule has 4 aliphatic rings. The van der Waals surface area contributed by atoms with Gasteiger partial charge in [0.15, 0.2) is 0 Å². The first-order chi connectivity index (χ1) is 11.4. The topological polar surface area (TPSA) is 55.4 Å². The van der Waals surface area contributed by atoms with Gasteiger partial charge in [0, 0.05) is 6.04 Å². The minimum Gasteiger partial charge on any atom is -0.468 e. The van der Waals surface area contributed by atoms with Crippen LogP contribution in [0.5, 0.6) is 0 Å². The lowest BCUT2D eigenvalue weighted by atomic mass is 9.47. The van der Waals surface area contributed by atoms with E-state index in [4.69, 9.17) is 4.74 Å². The lowest BCUT2D eigenvalue weighted by Crippen LogP contribution is -2.63. The number of methoxy groups -OCH3 is 1. The van der Waals surface area contributed by atoms with Crippen LogP contribution in [0.1, 0.15) is 65.2 Å². The van der Waals surface area contributed by atoms with Gasteiger partial charge in [-0.15, -0.1) is 0 Å². The average Bonchev–Trinajstić information content (AvgIpc) is 2.96. The summed E-state index contributed by atoms with van der Waals surface area (Å²) in [4.78, 5) is 24.5. The van der Waals surface area contributed by atoms with Gasteiger partial charge in [-0.05, 0) is 73.5 Å². The lowest BCUT2D eigenvalue weighted by Gasteiger charge is -2.60. The van der Waals surface area contributed by atoms with Crippen molar-refractivity contribution in [2.45, 2.75) is 71.3 Å². The van der Waals surface area contributed by atoms with E-state index in [1.165, 1.54) is 45.6 Å². The molecule has 3 aliphatic carbocycles. The molecule has 2 unspecified atom stereocenters. The van der Waals surface area contributed by atoms with Crippen LogP contribution in [0, 0.1) is 34.5 Å². The lowest BCUT2D eigenvalue weighted by molar-refractivity contribution is -0.161. The van der Waals surface area contributed by atoms with E-state index in [9.17, 15) is 9.59 Å². The van der Waals surface area contributed by atoms with Crippen LogP contribution in [-0.4, -0.2) is 25.0 Å². The molecule has 3 saturated carbocycles. The summed E-state index contributed by atoms with van der Waals surface area (Å²) in [5.74, 6) is 1.16. The molecule has 134 valence electrons. The third kappa shape index (κ3) is 2.17. The molecular formula is C20H31NO3. The maximum Gasteiger partial charge on any atom is 0.318 e. The Morgan fingerprint density at radius 1 is 1.12 bits per heavy atom. The van der Waals surface area contributed by atoms with Crippen LogP contribution in [0.15, 0.2) is 0 Å². The van der Waals surface area contributed by atoms with Crippen molar-refractivity contribution in [3.05, 3.63) is 0 Å². The first kappa shape index (κ1) is 16.4. The Balaban J connectivity index is 1.63. The second kappa shape index (κ2) is 5.47. The fourth-order valence-electron chi connectivity index (χ4n) is 7.12. The summed E-state index contributed by atoms with van der Waals surface area (Å²) < 4.78 is 4.91. The van der Waals surface area contributed by atoms with Crippen LogP contribution in [-0.2, 0) is 14.3 Å². The molecule has 0 aromatic heterocycles. The van der Waals surface area contributed by atoms with E-state index >= 15 is 0 Å². The van der Waals surface area contributed by atoms with Gasteiger partial charge in [-0.2, -0.15) is 0 Å². The number of hydrogen-bond donors (Lipinski definition) is 1. The molecule has 1 N–H and O–H groups in total. The van der Waals surface area contributed by atoms with Crippen molar-refractivity contribution in [3.63, 3.8) is 0 Å². The molecule has 0 spiro atoms. The number of ether oxygens (including phenoxy) is 1. The van der Waals surface area contributed by atoms with Crippen molar-refractivity contribution in [1.29, 1.82) is 0 Å². The monoisotopic (exact) mass is 333 g/mol. The van der Waals surface area contributed by atoms with Gasteiger partial charge in [-0.25, -0.2) is 0 Å². The Kier molecular flexibility index (Phi) is 3.74. The van der Waals surface area contributed by atoms with E-state index < -0.39 is 5.92 Å². The highest BCUT2D eigenvalue weighted by Gasteiger charge is 2.60. The van der Waals surface area contributed by atoms with Crippen LogP contribution in [0.2, 0.25) is 0 Å². The van der Waals surface area contributed by atoms with E-state index in [2.05, 4.69) is 19.2 Å². The number of piperidine rings is 1. The molecule has 4 heteroatoms. The maximum atomic E-state index is 12.4. The molecule has 24 heavy (non-hydrogen) atoms. The van der Waals surface area contributed by atoms with Crippen molar-refractivity contribution < 1.29 is 14.3 Å². The van der Waals surface area contributed by atoms with Crippen molar-refractivity contribution in [2.75, 3.05) is 7.11 Å². The molecule has 1 amide bonds. The van der Waals surface area contributed by atoms with Crippen LogP contribution >= 0.6 is 0 Å². The Morgan fingerprint density at radius 2 is 1.92 bits per heavy atom. The number of nitrogens with one attached hydrogen (secondary N) is 1. The number of esters is 1. The summed E-state index contributed by atoms with van der Waals surface area (Å²) >= 11 is 0. The summed E-state index contributed by atoms with van der Waals surface area (Å²) in [7, 11) is 1.39. The van der Waals surface area contributed by atoms with Crippen molar-refractivity contribution in [1.82, 2.24) is 5.32 Å². The average molecular weight is 333 g/mol. The van der Waals surface area contributed by atoms with Gasteiger partial charge in [0.25, 0.3) is 0 Å². The Bertz CT molecular complexity index is 561. The zero-order valence-corrected chi connectivity index (χ0v) is 15.3. The van der Waals surface area contributed by atoms with Gasteiger partial charge in [0.2, 0.25) is 5.91 Å². The molecule has 0 aromatic carbocycles. The molecule has 1 aliphatic heterocycles.